The van der Waals surface area contributed by atoms with Gasteiger partial charge in [-0.2, -0.15) is 0 Å². The maximum Gasteiger partial charge on any atom is 0.00946 e. The minimum Gasteiger partial charge on any atom is -0.123 e. The molecule has 0 heterocycles. The highest BCUT2D eigenvalue weighted by Gasteiger charge is 2.20. The quantitative estimate of drug-likeness (QED) is 0.708. The zero-order valence-electron chi connectivity index (χ0n) is 9.49. The third-order valence-corrected chi connectivity index (χ3v) is 4.77. The molecule has 1 fully saturated rings. The Morgan fingerprint density at radius 1 is 1.07 bits per heavy atom. The van der Waals surface area contributed by atoms with Crippen molar-refractivity contribution in [2.45, 2.75) is 49.2 Å². The summed E-state index contributed by atoms with van der Waals surface area (Å²) in [5, 5.41) is 0.871. The molecule has 0 atom stereocenters. The first kappa shape index (κ1) is 11.1. The second kappa shape index (κ2) is 5.60. The zero-order chi connectivity index (χ0) is 10.5. The molecule has 0 amide bonds. The first-order valence-corrected chi connectivity index (χ1v) is 6.98. The van der Waals surface area contributed by atoms with Crippen LogP contribution < -0.4 is 0 Å². The third kappa shape index (κ3) is 3.27. The van der Waals surface area contributed by atoms with Gasteiger partial charge in [-0.05, 0) is 43.7 Å². The summed E-state index contributed by atoms with van der Waals surface area (Å²) in [7, 11) is 0. The van der Waals surface area contributed by atoms with Gasteiger partial charge in [-0.1, -0.05) is 31.5 Å². The van der Waals surface area contributed by atoms with E-state index in [1.54, 1.807) is 0 Å². The molecule has 1 aliphatic rings. The summed E-state index contributed by atoms with van der Waals surface area (Å²) in [6.07, 6.45) is 7.10. The molecule has 0 radical (unpaired) electrons. The van der Waals surface area contributed by atoms with Gasteiger partial charge in [-0.25, -0.2) is 0 Å². The Morgan fingerprint density at radius 2 is 1.73 bits per heavy atom. The largest absolute Gasteiger partial charge is 0.123 e. The Labute approximate surface area is 97.5 Å². The Morgan fingerprint density at radius 3 is 2.33 bits per heavy atom. The van der Waals surface area contributed by atoms with Crippen LogP contribution >= 0.6 is 11.8 Å². The van der Waals surface area contributed by atoms with Crippen molar-refractivity contribution < 1.29 is 0 Å². The van der Waals surface area contributed by atoms with Gasteiger partial charge in [-0.15, -0.1) is 11.8 Å². The van der Waals surface area contributed by atoms with Crippen molar-refractivity contribution in [2.75, 3.05) is 0 Å². The van der Waals surface area contributed by atoms with E-state index in [4.69, 9.17) is 0 Å². The average Bonchev–Trinajstić information content (AvgIpc) is 2.31. The Balaban J connectivity index is 1.82. The molecular weight excluding hydrogens is 200 g/mol. The van der Waals surface area contributed by atoms with E-state index in [1.807, 2.05) is 0 Å². The van der Waals surface area contributed by atoms with Crippen molar-refractivity contribution in [1.29, 1.82) is 0 Å². The molecule has 1 aliphatic carbocycles. The minimum atomic E-state index is 0.871. The molecular formula is C14H20S. The molecule has 1 saturated carbocycles. The Bertz CT molecular complexity index is 273. The number of thioether (sulfide) groups is 1. The molecule has 0 bridgehead atoms. The van der Waals surface area contributed by atoms with Crippen LogP contribution in [0.5, 0.6) is 0 Å². The van der Waals surface area contributed by atoms with Gasteiger partial charge in [0.05, 0.1) is 0 Å². The molecule has 0 aliphatic heterocycles. The molecule has 1 heteroatoms. The van der Waals surface area contributed by atoms with Crippen molar-refractivity contribution >= 4 is 11.8 Å². The lowest BCUT2D eigenvalue weighted by molar-refractivity contribution is 0.356. The third-order valence-electron chi connectivity index (χ3n) is 3.42. The van der Waals surface area contributed by atoms with E-state index in [0.29, 0.717) is 0 Å². The van der Waals surface area contributed by atoms with Crippen LogP contribution in [0, 0.1) is 5.92 Å². The van der Waals surface area contributed by atoms with Crippen LogP contribution in [-0.2, 0) is 0 Å². The molecule has 0 nitrogen and oxygen atoms in total. The minimum absolute atomic E-state index is 0.871. The highest BCUT2D eigenvalue weighted by molar-refractivity contribution is 8.00. The fraction of sp³-hybridized carbons (Fsp3) is 0.571. The van der Waals surface area contributed by atoms with Crippen LogP contribution in [0.4, 0.5) is 0 Å². The van der Waals surface area contributed by atoms with Crippen molar-refractivity contribution in [1.82, 2.24) is 0 Å². The predicted molar refractivity (Wildman–Crippen MR) is 68.3 cm³/mol. The van der Waals surface area contributed by atoms with Gasteiger partial charge in [-0.3, -0.25) is 0 Å². The fourth-order valence-electron chi connectivity index (χ4n) is 2.35. The fourth-order valence-corrected chi connectivity index (χ4v) is 3.56. The topological polar surface area (TPSA) is 0 Å². The van der Waals surface area contributed by atoms with E-state index in [-0.39, 0.29) is 0 Å². The molecule has 0 N–H and O–H groups in total. The molecule has 0 saturated heterocycles. The molecule has 1 aromatic carbocycles. The summed E-state index contributed by atoms with van der Waals surface area (Å²) in [4.78, 5) is 1.44. The van der Waals surface area contributed by atoms with Gasteiger partial charge in [0, 0.05) is 10.1 Å². The molecule has 0 unspecified atom stereocenters. The Kier molecular flexibility index (Phi) is 4.13. The Hall–Kier alpha value is -0.430. The summed E-state index contributed by atoms with van der Waals surface area (Å²) in [5.41, 5.74) is 0. The van der Waals surface area contributed by atoms with Crippen LogP contribution in [0.15, 0.2) is 35.2 Å². The van der Waals surface area contributed by atoms with E-state index in [0.717, 1.165) is 11.2 Å². The van der Waals surface area contributed by atoms with E-state index in [9.17, 15) is 0 Å². The van der Waals surface area contributed by atoms with Crippen LogP contribution in [-0.4, -0.2) is 5.25 Å². The van der Waals surface area contributed by atoms with Crippen LogP contribution in [0.2, 0.25) is 0 Å². The summed E-state index contributed by atoms with van der Waals surface area (Å²) in [6, 6.07) is 10.8. The van der Waals surface area contributed by atoms with Crippen molar-refractivity contribution in [3.63, 3.8) is 0 Å². The first-order valence-electron chi connectivity index (χ1n) is 6.10. The number of benzene rings is 1. The molecule has 1 aromatic rings. The highest BCUT2D eigenvalue weighted by atomic mass is 32.2. The number of rotatable bonds is 3. The second-order valence-corrected chi connectivity index (χ2v) is 5.86. The number of hydrogen-bond donors (Lipinski definition) is 0. The van der Waals surface area contributed by atoms with E-state index in [1.165, 1.54) is 37.0 Å². The van der Waals surface area contributed by atoms with Crippen LogP contribution in [0.3, 0.4) is 0 Å². The van der Waals surface area contributed by atoms with E-state index >= 15 is 0 Å². The van der Waals surface area contributed by atoms with Crippen LogP contribution in [0.25, 0.3) is 0 Å². The van der Waals surface area contributed by atoms with Gasteiger partial charge in [0.1, 0.15) is 0 Å². The second-order valence-electron chi connectivity index (χ2n) is 4.48. The smallest absolute Gasteiger partial charge is 0.00946 e. The summed E-state index contributed by atoms with van der Waals surface area (Å²) in [5.74, 6) is 1.01. The molecule has 0 spiro atoms. The number of hydrogen-bond acceptors (Lipinski definition) is 1. The molecule has 82 valence electrons. The van der Waals surface area contributed by atoms with Gasteiger partial charge < -0.3 is 0 Å². The first-order chi connectivity index (χ1) is 7.38. The van der Waals surface area contributed by atoms with E-state index in [2.05, 4.69) is 49.0 Å². The SMILES string of the molecule is CCC1CCC(Sc2ccccc2)CC1. The summed E-state index contributed by atoms with van der Waals surface area (Å²) in [6.45, 7) is 2.33. The van der Waals surface area contributed by atoms with E-state index < -0.39 is 0 Å². The molecule has 0 aromatic heterocycles. The monoisotopic (exact) mass is 220 g/mol. The maximum atomic E-state index is 2.33. The van der Waals surface area contributed by atoms with Crippen molar-refractivity contribution in [3.8, 4) is 0 Å². The highest BCUT2D eigenvalue weighted by Crippen LogP contribution is 2.36. The zero-order valence-corrected chi connectivity index (χ0v) is 10.3. The lowest BCUT2D eigenvalue weighted by atomic mass is 9.87. The van der Waals surface area contributed by atoms with Crippen molar-refractivity contribution in [2.24, 2.45) is 5.92 Å². The standard InChI is InChI=1S/C14H20S/c1-2-12-8-10-14(11-9-12)15-13-6-4-3-5-7-13/h3-7,12,14H,2,8-11H2,1H3. The lowest BCUT2D eigenvalue weighted by Gasteiger charge is -2.27. The summed E-state index contributed by atoms with van der Waals surface area (Å²) < 4.78 is 0. The van der Waals surface area contributed by atoms with Crippen LogP contribution in [0.1, 0.15) is 39.0 Å². The van der Waals surface area contributed by atoms with Gasteiger partial charge in [0.25, 0.3) is 0 Å². The normalized spacial score (nSPS) is 26.5. The summed E-state index contributed by atoms with van der Waals surface area (Å²) >= 11 is 2.08. The van der Waals surface area contributed by atoms with Gasteiger partial charge in [0.15, 0.2) is 0 Å². The van der Waals surface area contributed by atoms with Crippen molar-refractivity contribution in [3.05, 3.63) is 30.3 Å². The molecule has 2 rings (SSSR count). The van der Waals surface area contributed by atoms with Gasteiger partial charge in [0.2, 0.25) is 0 Å². The van der Waals surface area contributed by atoms with Gasteiger partial charge >= 0.3 is 0 Å². The lowest BCUT2D eigenvalue weighted by Crippen LogP contribution is -2.15. The maximum absolute atomic E-state index is 2.33. The predicted octanol–water partition coefficient (Wildman–Crippen LogP) is 4.75. The molecule has 15 heavy (non-hydrogen) atoms. The average molecular weight is 220 g/mol.